The first-order valence-corrected chi connectivity index (χ1v) is 7.31. The Balaban J connectivity index is 3.21. The van der Waals surface area contributed by atoms with Crippen LogP contribution in [-0.4, -0.2) is 45.1 Å². The maximum absolute atomic E-state index is 12.5. The first kappa shape index (κ1) is 17.5. The van der Waals surface area contributed by atoms with E-state index in [2.05, 4.69) is 26.1 Å². The summed E-state index contributed by atoms with van der Waals surface area (Å²) in [7, 11) is 5.39. The maximum Gasteiger partial charge on any atom is 0.253 e. The molecule has 118 valence electrons. The van der Waals surface area contributed by atoms with Gasteiger partial charge in [0.2, 0.25) is 0 Å². The summed E-state index contributed by atoms with van der Waals surface area (Å²) in [4.78, 5) is 14.3. The number of amides is 1. The summed E-state index contributed by atoms with van der Waals surface area (Å²) < 4.78 is 5.53. The van der Waals surface area contributed by atoms with Crippen LogP contribution in [0.1, 0.15) is 42.3 Å². The molecular weight excluding hydrogens is 264 g/mol. The molecule has 0 radical (unpaired) electrons. The second-order valence-electron chi connectivity index (χ2n) is 6.45. The van der Waals surface area contributed by atoms with E-state index < -0.39 is 0 Å². The lowest BCUT2D eigenvalue weighted by Crippen LogP contribution is -2.33. The largest absolute Gasteiger partial charge is 0.496 e. The van der Waals surface area contributed by atoms with Crippen molar-refractivity contribution in [2.75, 3.05) is 34.3 Å². The smallest absolute Gasteiger partial charge is 0.253 e. The summed E-state index contributed by atoms with van der Waals surface area (Å²) >= 11 is 0. The molecule has 0 aliphatic rings. The van der Waals surface area contributed by atoms with Gasteiger partial charge in [-0.2, -0.15) is 0 Å². The van der Waals surface area contributed by atoms with Crippen molar-refractivity contribution in [1.82, 2.24) is 10.2 Å². The minimum Gasteiger partial charge on any atom is -0.496 e. The zero-order chi connectivity index (χ0) is 16.2. The Hall–Kier alpha value is -1.55. The average Bonchev–Trinajstić information content (AvgIpc) is 2.41. The minimum atomic E-state index is -0.0735. The second-order valence-corrected chi connectivity index (χ2v) is 6.45. The number of methoxy groups -OCH3 is 1. The molecule has 1 N–H and O–H groups in total. The van der Waals surface area contributed by atoms with E-state index >= 15 is 0 Å². The van der Waals surface area contributed by atoms with Gasteiger partial charge in [0.25, 0.3) is 5.91 Å². The molecule has 1 aromatic carbocycles. The van der Waals surface area contributed by atoms with Crippen LogP contribution < -0.4 is 10.1 Å². The molecular formula is C17H28N2O2. The number of nitrogens with one attached hydrogen (secondary N) is 1. The molecule has 0 heterocycles. The third-order valence-corrected chi connectivity index (χ3v) is 3.58. The van der Waals surface area contributed by atoms with Crippen molar-refractivity contribution in [3.63, 3.8) is 0 Å². The quantitative estimate of drug-likeness (QED) is 0.907. The van der Waals surface area contributed by atoms with Crippen molar-refractivity contribution in [2.45, 2.75) is 33.1 Å². The molecule has 0 bridgehead atoms. The summed E-state index contributed by atoms with van der Waals surface area (Å²) in [5, 5.41) is 3.06. The fraction of sp³-hybridized carbons (Fsp3) is 0.588. The van der Waals surface area contributed by atoms with Crippen molar-refractivity contribution in [3.05, 3.63) is 28.8 Å². The lowest BCUT2D eigenvalue weighted by atomic mass is 9.84. The standard InChI is InChI=1S/C17H28N2O2/c1-12-10-13(16(20)19(6)9-8-18-5)11-14(15(12)21-7)17(2,3)4/h10-11,18H,8-9H2,1-7H3. The van der Waals surface area contributed by atoms with Crippen LogP contribution >= 0.6 is 0 Å². The van der Waals surface area contributed by atoms with Crippen LogP contribution in [0.5, 0.6) is 5.75 Å². The monoisotopic (exact) mass is 292 g/mol. The van der Waals surface area contributed by atoms with E-state index in [1.165, 1.54) is 0 Å². The van der Waals surface area contributed by atoms with Gasteiger partial charge in [-0.05, 0) is 37.1 Å². The fourth-order valence-electron chi connectivity index (χ4n) is 2.33. The van der Waals surface area contributed by atoms with Gasteiger partial charge in [0.05, 0.1) is 7.11 Å². The van der Waals surface area contributed by atoms with Crippen molar-refractivity contribution >= 4 is 5.91 Å². The molecule has 0 fully saturated rings. The highest BCUT2D eigenvalue weighted by Gasteiger charge is 2.23. The number of hydrogen-bond acceptors (Lipinski definition) is 3. The topological polar surface area (TPSA) is 41.6 Å². The van der Waals surface area contributed by atoms with Crippen LogP contribution in [-0.2, 0) is 5.41 Å². The molecule has 0 spiro atoms. The third-order valence-electron chi connectivity index (χ3n) is 3.58. The van der Waals surface area contributed by atoms with Gasteiger partial charge in [0.1, 0.15) is 5.75 Å². The second kappa shape index (κ2) is 6.94. The van der Waals surface area contributed by atoms with Crippen LogP contribution in [0.2, 0.25) is 0 Å². The molecule has 4 heteroatoms. The summed E-state index contributed by atoms with van der Waals surface area (Å²) in [6, 6.07) is 3.87. The van der Waals surface area contributed by atoms with Gasteiger partial charge in [0, 0.05) is 31.3 Å². The molecule has 0 aliphatic carbocycles. The van der Waals surface area contributed by atoms with E-state index in [1.807, 2.05) is 33.2 Å². The minimum absolute atomic E-state index is 0.0431. The highest BCUT2D eigenvalue weighted by Crippen LogP contribution is 2.35. The lowest BCUT2D eigenvalue weighted by molar-refractivity contribution is 0.0796. The number of nitrogens with zero attached hydrogens (tertiary/aromatic N) is 1. The van der Waals surface area contributed by atoms with Gasteiger partial charge in [0.15, 0.2) is 0 Å². The molecule has 1 aromatic rings. The molecule has 0 aliphatic heterocycles. The molecule has 4 nitrogen and oxygen atoms in total. The number of ether oxygens (including phenoxy) is 1. The van der Waals surface area contributed by atoms with Gasteiger partial charge in [-0.3, -0.25) is 4.79 Å². The fourth-order valence-corrected chi connectivity index (χ4v) is 2.33. The van der Waals surface area contributed by atoms with Gasteiger partial charge >= 0.3 is 0 Å². The molecule has 0 saturated heterocycles. The van der Waals surface area contributed by atoms with Crippen molar-refractivity contribution in [1.29, 1.82) is 0 Å². The van der Waals surface area contributed by atoms with Crippen LogP contribution in [0, 0.1) is 6.92 Å². The van der Waals surface area contributed by atoms with Gasteiger partial charge in [-0.15, -0.1) is 0 Å². The highest BCUT2D eigenvalue weighted by molar-refractivity contribution is 5.95. The summed E-state index contributed by atoms with van der Waals surface area (Å²) in [5.41, 5.74) is 2.71. The first-order valence-electron chi connectivity index (χ1n) is 7.31. The van der Waals surface area contributed by atoms with Crippen molar-refractivity contribution in [2.24, 2.45) is 0 Å². The van der Waals surface area contributed by atoms with Gasteiger partial charge < -0.3 is 15.0 Å². The summed E-state index contributed by atoms with van der Waals surface area (Å²) in [6.45, 7) is 9.84. The zero-order valence-corrected chi connectivity index (χ0v) is 14.3. The predicted octanol–water partition coefficient (Wildman–Crippen LogP) is 2.59. The van der Waals surface area contributed by atoms with Crippen molar-refractivity contribution in [3.8, 4) is 5.75 Å². The molecule has 0 unspecified atom stereocenters. The van der Waals surface area contributed by atoms with E-state index in [9.17, 15) is 4.79 Å². The molecule has 1 rings (SSSR count). The van der Waals surface area contributed by atoms with E-state index in [0.717, 1.165) is 29.0 Å². The number of rotatable bonds is 5. The normalized spacial score (nSPS) is 11.4. The van der Waals surface area contributed by atoms with Crippen molar-refractivity contribution < 1.29 is 9.53 Å². The number of aryl methyl sites for hydroxylation is 1. The average molecular weight is 292 g/mol. The zero-order valence-electron chi connectivity index (χ0n) is 14.3. The van der Waals surface area contributed by atoms with E-state index in [4.69, 9.17) is 4.74 Å². The Morgan fingerprint density at radius 1 is 1.33 bits per heavy atom. The molecule has 21 heavy (non-hydrogen) atoms. The Bertz CT molecular complexity index is 504. The van der Waals surface area contributed by atoms with Crippen LogP contribution in [0.3, 0.4) is 0 Å². The predicted molar refractivity (Wildman–Crippen MR) is 87.3 cm³/mol. The number of carbonyl (C=O) groups excluding carboxylic acids is 1. The SMILES string of the molecule is CNCCN(C)C(=O)c1cc(C)c(OC)c(C(C)(C)C)c1. The van der Waals surface area contributed by atoms with Gasteiger partial charge in [-0.1, -0.05) is 20.8 Å². The van der Waals surface area contributed by atoms with Gasteiger partial charge in [-0.25, -0.2) is 0 Å². The molecule has 0 atom stereocenters. The van der Waals surface area contributed by atoms with Crippen LogP contribution in [0.25, 0.3) is 0 Å². The molecule has 1 amide bonds. The number of carbonyl (C=O) groups is 1. The molecule has 0 saturated carbocycles. The lowest BCUT2D eigenvalue weighted by Gasteiger charge is -2.25. The molecule has 0 aromatic heterocycles. The van der Waals surface area contributed by atoms with E-state index in [1.54, 1.807) is 12.0 Å². The maximum atomic E-state index is 12.5. The highest BCUT2D eigenvalue weighted by atomic mass is 16.5. The Labute approximate surface area is 128 Å². The summed E-state index contributed by atoms with van der Waals surface area (Å²) in [5.74, 6) is 0.915. The Morgan fingerprint density at radius 2 is 1.95 bits per heavy atom. The van der Waals surface area contributed by atoms with E-state index in [0.29, 0.717) is 6.54 Å². The van der Waals surface area contributed by atoms with Crippen LogP contribution in [0.4, 0.5) is 0 Å². The summed E-state index contributed by atoms with van der Waals surface area (Å²) in [6.07, 6.45) is 0. The number of benzene rings is 1. The Morgan fingerprint density at radius 3 is 2.43 bits per heavy atom. The third kappa shape index (κ3) is 4.21. The number of likely N-dealkylation sites (N-methyl/N-ethyl adjacent to an activating group) is 2. The Kier molecular flexibility index (Phi) is 5.78. The first-order chi connectivity index (χ1) is 9.72. The number of hydrogen-bond donors (Lipinski definition) is 1. The van der Waals surface area contributed by atoms with E-state index in [-0.39, 0.29) is 11.3 Å². The van der Waals surface area contributed by atoms with Crippen LogP contribution in [0.15, 0.2) is 12.1 Å².